The lowest BCUT2D eigenvalue weighted by Gasteiger charge is -2.28. The van der Waals surface area contributed by atoms with E-state index in [4.69, 9.17) is 28.8 Å². The lowest BCUT2D eigenvalue weighted by Crippen LogP contribution is -2.60. The Bertz CT molecular complexity index is 2150. The number of nitrogens with two attached hydrogens (primary N) is 3. The van der Waals surface area contributed by atoms with Gasteiger partial charge in [0.1, 0.15) is 42.3 Å². The van der Waals surface area contributed by atoms with E-state index in [0.29, 0.717) is 41.6 Å². The van der Waals surface area contributed by atoms with Crippen LogP contribution in [0.2, 0.25) is 5.02 Å². The molecule has 0 saturated carbocycles. The Labute approximate surface area is 421 Å². The van der Waals surface area contributed by atoms with Gasteiger partial charge in [0, 0.05) is 55.2 Å². The van der Waals surface area contributed by atoms with Crippen LogP contribution in [0.1, 0.15) is 114 Å². The van der Waals surface area contributed by atoms with Crippen LogP contribution >= 0.6 is 11.6 Å². The second-order valence-corrected chi connectivity index (χ2v) is 17.2. The Morgan fingerprint density at radius 3 is 1.96 bits per heavy atom. The zero-order chi connectivity index (χ0) is 53.0. The topological polar surface area (TPSA) is 344 Å². The molecule has 392 valence electrons. The average molecular weight is 1010 g/mol. The summed E-state index contributed by atoms with van der Waals surface area (Å²) in [5.74, 6) is -6.73. The van der Waals surface area contributed by atoms with Crippen LogP contribution < -0.4 is 59.7 Å². The van der Waals surface area contributed by atoms with Gasteiger partial charge in [0.15, 0.2) is 0 Å². The maximum Gasteiger partial charge on any atom is 0.243 e. The van der Waals surface area contributed by atoms with Crippen molar-refractivity contribution in [2.45, 2.75) is 147 Å². The minimum absolute atomic E-state index is 0.00878. The van der Waals surface area contributed by atoms with E-state index >= 15 is 0 Å². The van der Waals surface area contributed by atoms with Gasteiger partial charge >= 0.3 is 0 Å². The Balaban J connectivity index is 0.00000852. The van der Waals surface area contributed by atoms with Crippen LogP contribution in [0.5, 0.6) is 0 Å². The van der Waals surface area contributed by atoms with E-state index in [1.807, 2.05) is 20.8 Å². The Morgan fingerprint density at radius 1 is 0.789 bits per heavy atom. The van der Waals surface area contributed by atoms with Gasteiger partial charge in [0.05, 0.1) is 0 Å². The summed E-state index contributed by atoms with van der Waals surface area (Å²) in [7, 11) is 0. The molecule has 1 aromatic carbocycles. The Morgan fingerprint density at radius 2 is 1.38 bits per heavy atom. The molecule has 21 nitrogen and oxygen atoms in total. The number of hydrogen-bond donors (Lipinski definition) is 12. The minimum Gasteiger partial charge on any atom is -0.368 e. The summed E-state index contributed by atoms with van der Waals surface area (Å²) in [6.07, 6.45) is 5.57. The van der Waals surface area contributed by atoms with Crippen LogP contribution in [0.3, 0.4) is 0 Å². The number of benzene rings is 1. The van der Waals surface area contributed by atoms with Crippen molar-refractivity contribution in [1.29, 1.82) is 0 Å². The zero-order valence-electron chi connectivity index (χ0n) is 41.4. The van der Waals surface area contributed by atoms with Crippen molar-refractivity contribution in [3.8, 4) is 0 Å². The zero-order valence-corrected chi connectivity index (χ0v) is 42.1. The normalized spacial score (nSPS) is 21.5. The number of hydrogen-bond acceptors (Lipinski definition) is 11. The summed E-state index contributed by atoms with van der Waals surface area (Å²) in [5.41, 5.74) is 19.6. The summed E-state index contributed by atoms with van der Waals surface area (Å²) < 4.78 is 0. The van der Waals surface area contributed by atoms with Crippen LogP contribution in [0.25, 0.3) is 12.2 Å². The quantitative estimate of drug-likeness (QED) is 0.0983. The molecule has 1 saturated heterocycles. The molecule has 0 bridgehead atoms. The van der Waals surface area contributed by atoms with Crippen LogP contribution in [0.4, 0.5) is 0 Å². The van der Waals surface area contributed by atoms with E-state index < -0.39 is 95.5 Å². The van der Waals surface area contributed by atoms with E-state index in [1.54, 1.807) is 42.6 Å². The molecular formula is C49H75ClN12O9. The van der Waals surface area contributed by atoms with Crippen LogP contribution in [-0.4, -0.2) is 120 Å². The van der Waals surface area contributed by atoms with Crippen molar-refractivity contribution in [2.75, 3.05) is 19.6 Å². The summed E-state index contributed by atoms with van der Waals surface area (Å²) in [6.45, 7) is 14.9. The van der Waals surface area contributed by atoms with E-state index in [-0.39, 0.29) is 82.4 Å². The lowest BCUT2D eigenvalue weighted by atomic mass is 10.00. The molecule has 0 radical (unpaired) electrons. The molecule has 0 aliphatic carbocycles. The molecule has 22 heteroatoms. The van der Waals surface area contributed by atoms with Crippen molar-refractivity contribution in [3.63, 3.8) is 0 Å². The van der Waals surface area contributed by atoms with E-state index in [1.165, 1.54) is 6.92 Å². The molecule has 2 aromatic rings. The van der Waals surface area contributed by atoms with Gasteiger partial charge in [0.25, 0.3) is 0 Å². The Hall–Kier alpha value is -6.58. The molecule has 7 atom stereocenters. The van der Waals surface area contributed by atoms with Gasteiger partial charge < -0.3 is 64.7 Å². The average Bonchev–Trinajstić information content (AvgIpc) is 3.74. The number of aromatic amines is 1. The van der Waals surface area contributed by atoms with Crippen molar-refractivity contribution in [1.82, 2.24) is 47.5 Å². The lowest BCUT2D eigenvalue weighted by molar-refractivity contribution is -0.136. The second-order valence-electron chi connectivity index (χ2n) is 16.8. The van der Waals surface area contributed by atoms with Gasteiger partial charge in [-0.15, -0.1) is 0 Å². The minimum atomic E-state index is -1.42. The number of H-pyrrole nitrogens is 1. The molecule has 2 heterocycles. The van der Waals surface area contributed by atoms with Gasteiger partial charge in [0.2, 0.25) is 53.2 Å². The first-order valence-corrected chi connectivity index (χ1v) is 24.6. The first kappa shape index (κ1) is 60.5. The summed E-state index contributed by atoms with van der Waals surface area (Å²) in [4.78, 5) is 126. The summed E-state index contributed by atoms with van der Waals surface area (Å²) in [6, 6.07) is -2.50. The van der Waals surface area contributed by atoms with Gasteiger partial charge in [-0.3, -0.25) is 43.2 Å². The molecule has 3 rings (SSSR count). The number of unbranched alkanes of at least 4 members (excludes halogenated alkanes) is 1. The SMILES string of the molecule is C=Cc1[nH]cc(C[C@@H]2NC(=O)[C@H](CCCC)NC(=O)[C@@H](Cc3ccccc3Cl)NC(=O)[C@H](CCN)NC(=O)[C@@H](NC(=O)[C@H](CCCN)NC(C)=O)CCC(=O)NCCC[C@@H](C(N)=O)NC2=O)c1C=C.CC. The van der Waals surface area contributed by atoms with Crippen molar-refractivity contribution < 1.29 is 43.2 Å². The van der Waals surface area contributed by atoms with E-state index in [0.717, 1.165) is 0 Å². The van der Waals surface area contributed by atoms with Crippen molar-refractivity contribution in [2.24, 2.45) is 17.2 Å². The van der Waals surface area contributed by atoms with Gasteiger partial charge in [-0.1, -0.05) is 82.6 Å². The second kappa shape index (κ2) is 32.3. The predicted molar refractivity (Wildman–Crippen MR) is 273 cm³/mol. The molecule has 1 aliphatic heterocycles. The first-order chi connectivity index (χ1) is 34.0. The summed E-state index contributed by atoms with van der Waals surface area (Å²) in [5, 5.41) is 21.6. The smallest absolute Gasteiger partial charge is 0.243 e. The molecule has 15 N–H and O–H groups in total. The number of halogens is 1. The number of aromatic nitrogens is 1. The molecular weight excluding hydrogens is 936 g/mol. The molecule has 71 heavy (non-hydrogen) atoms. The maximum absolute atomic E-state index is 14.5. The third-order valence-corrected chi connectivity index (χ3v) is 11.8. The molecule has 1 fully saturated rings. The summed E-state index contributed by atoms with van der Waals surface area (Å²) >= 11 is 6.53. The molecule has 9 amide bonds. The van der Waals surface area contributed by atoms with E-state index in [2.05, 4.69) is 60.7 Å². The third kappa shape index (κ3) is 20.4. The van der Waals surface area contributed by atoms with Crippen LogP contribution in [0, 0.1) is 0 Å². The number of rotatable bonds is 18. The molecule has 1 aliphatic rings. The van der Waals surface area contributed by atoms with Gasteiger partial charge in [-0.2, -0.15) is 0 Å². The fraction of sp³-hybridized carbons (Fsp3) is 0.531. The van der Waals surface area contributed by atoms with Crippen molar-refractivity contribution in [3.05, 3.63) is 71.0 Å². The monoisotopic (exact) mass is 1010 g/mol. The van der Waals surface area contributed by atoms with Crippen LogP contribution in [-0.2, 0) is 56.0 Å². The Kier molecular flexibility index (Phi) is 27.6. The largest absolute Gasteiger partial charge is 0.368 e. The third-order valence-electron chi connectivity index (χ3n) is 11.4. The molecule has 0 unspecified atom stereocenters. The fourth-order valence-electron chi connectivity index (χ4n) is 7.63. The highest BCUT2D eigenvalue weighted by atomic mass is 35.5. The predicted octanol–water partition coefficient (Wildman–Crippen LogP) is 0.632. The maximum atomic E-state index is 14.5. The molecule has 0 spiro atoms. The number of carbonyl (C=O) groups is 9. The van der Waals surface area contributed by atoms with Gasteiger partial charge in [-0.25, -0.2) is 0 Å². The highest BCUT2D eigenvalue weighted by Crippen LogP contribution is 2.20. The number of amides is 9. The first-order valence-electron chi connectivity index (χ1n) is 24.2. The van der Waals surface area contributed by atoms with Crippen LogP contribution in [0.15, 0.2) is 43.6 Å². The number of primary amides is 1. The highest BCUT2D eigenvalue weighted by molar-refractivity contribution is 6.31. The van der Waals surface area contributed by atoms with Crippen molar-refractivity contribution >= 4 is 76.9 Å². The van der Waals surface area contributed by atoms with Gasteiger partial charge in [-0.05, 0) is 81.3 Å². The fourth-order valence-corrected chi connectivity index (χ4v) is 7.84. The molecule has 1 aromatic heterocycles. The number of carbonyl (C=O) groups excluding carboxylic acids is 9. The van der Waals surface area contributed by atoms with E-state index in [9.17, 15) is 43.2 Å². The number of nitrogens with one attached hydrogen (secondary N) is 9. The highest BCUT2D eigenvalue weighted by Gasteiger charge is 2.35. The standard InChI is InChI=1S/C47H69ClN12O9.C2H6/c1-5-8-15-35-43(65)60-39(25-29-26-53-32(7-3)30(29)6-2)46(68)55-33(41(51)63)17-12-23-52-40(62)19-18-36(57-42(64)34(16-11-21-49)54-27(4)61)44(66)58-37(20-22-50)45(67)59-38(47(69)56-35)24-28-13-9-10-14-31(28)48;1-2/h6-7,9-10,13-14,26,33-39,53H,2-3,5,8,11-12,15-25,49-50H2,1,4H3,(H2,51,63)(H,52,62)(H,54,61)(H,55,68)(H,56,69)(H,57,64)(H,58,66)(H,59,67)(H,60,65);1-2H3/t33-,34-,35-,36-,37-,38+,39-;/m0./s1.